The zero-order valence-corrected chi connectivity index (χ0v) is 10.7. The Kier molecular flexibility index (Phi) is 3.82. The maximum absolute atomic E-state index is 11.9. The summed E-state index contributed by atoms with van der Waals surface area (Å²) in [6.45, 7) is 6.12. The van der Waals surface area contributed by atoms with Gasteiger partial charge in [0.05, 0.1) is 0 Å². The SMILES string of the molecule is CCCC(=O)N1CC(C)C(c2ccccc2)C1. The molecule has 0 saturated carbocycles. The number of hydrogen-bond acceptors (Lipinski definition) is 1. The number of rotatable bonds is 3. The van der Waals surface area contributed by atoms with Gasteiger partial charge in [0.2, 0.25) is 5.91 Å². The van der Waals surface area contributed by atoms with Crippen LogP contribution in [0.4, 0.5) is 0 Å². The number of nitrogens with zero attached hydrogens (tertiary/aromatic N) is 1. The summed E-state index contributed by atoms with van der Waals surface area (Å²) >= 11 is 0. The van der Waals surface area contributed by atoms with Crippen molar-refractivity contribution in [3.05, 3.63) is 35.9 Å². The van der Waals surface area contributed by atoms with Crippen molar-refractivity contribution in [1.82, 2.24) is 4.90 Å². The fraction of sp³-hybridized carbons (Fsp3) is 0.533. The first-order valence-electron chi connectivity index (χ1n) is 6.55. The van der Waals surface area contributed by atoms with Crippen LogP contribution in [-0.4, -0.2) is 23.9 Å². The van der Waals surface area contributed by atoms with E-state index in [1.165, 1.54) is 5.56 Å². The zero-order valence-electron chi connectivity index (χ0n) is 10.7. The third-order valence-corrected chi connectivity index (χ3v) is 3.66. The second-order valence-electron chi connectivity index (χ2n) is 5.04. The van der Waals surface area contributed by atoms with E-state index >= 15 is 0 Å². The van der Waals surface area contributed by atoms with Crippen LogP contribution in [0.5, 0.6) is 0 Å². The summed E-state index contributed by atoms with van der Waals surface area (Å²) in [5.41, 5.74) is 1.37. The molecule has 1 fully saturated rings. The Morgan fingerprint density at radius 3 is 2.65 bits per heavy atom. The molecule has 0 bridgehead atoms. The Morgan fingerprint density at radius 2 is 2.00 bits per heavy atom. The Hall–Kier alpha value is -1.31. The maximum Gasteiger partial charge on any atom is 0.222 e. The highest BCUT2D eigenvalue weighted by Gasteiger charge is 2.32. The van der Waals surface area contributed by atoms with E-state index in [1.807, 2.05) is 11.0 Å². The monoisotopic (exact) mass is 231 g/mol. The Morgan fingerprint density at radius 1 is 1.29 bits per heavy atom. The van der Waals surface area contributed by atoms with Gasteiger partial charge in [-0.1, -0.05) is 44.2 Å². The summed E-state index contributed by atoms with van der Waals surface area (Å²) in [6.07, 6.45) is 1.63. The van der Waals surface area contributed by atoms with Gasteiger partial charge in [-0.2, -0.15) is 0 Å². The average Bonchev–Trinajstić information content (AvgIpc) is 2.73. The normalized spacial score (nSPS) is 24.0. The summed E-state index contributed by atoms with van der Waals surface area (Å²) < 4.78 is 0. The molecular weight excluding hydrogens is 210 g/mol. The van der Waals surface area contributed by atoms with Gasteiger partial charge in [-0.3, -0.25) is 4.79 Å². The molecule has 2 unspecified atom stereocenters. The van der Waals surface area contributed by atoms with Crippen molar-refractivity contribution in [3.63, 3.8) is 0 Å². The molecule has 1 aromatic rings. The standard InChI is InChI=1S/C15H21NO/c1-3-7-15(17)16-10-12(2)14(11-16)13-8-5-4-6-9-13/h4-6,8-9,12,14H,3,7,10-11H2,1-2H3. The summed E-state index contributed by atoms with van der Waals surface area (Å²) in [5.74, 6) is 1.40. The van der Waals surface area contributed by atoms with Crippen LogP contribution in [0.2, 0.25) is 0 Å². The number of benzene rings is 1. The molecule has 0 radical (unpaired) electrons. The summed E-state index contributed by atoms with van der Waals surface area (Å²) in [6, 6.07) is 10.6. The minimum absolute atomic E-state index is 0.317. The highest BCUT2D eigenvalue weighted by molar-refractivity contribution is 5.76. The summed E-state index contributed by atoms with van der Waals surface area (Å²) in [7, 11) is 0. The third kappa shape index (κ3) is 2.68. The largest absolute Gasteiger partial charge is 0.342 e. The lowest BCUT2D eigenvalue weighted by atomic mass is 9.90. The third-order valence-electron chi connectivity index (χ3n) is 3.66. The number of likely N-dealkylation sites (tertiary alicyclic amines) is 1. The second-order valence-corrected chi connectivity index (χ2v) is 5.04. The molecule has 1 heterocycles. The average molecular weight is 231 g/mol. The lowest BCUT2D eigenvalue weighted by molar-refractivity contribution is -0.130. The first-order chi connectivity index (χ1) is 8.22. The van der Waals surface area contributed by atoms with E-state index in [0.29, 0.717) is 24.2 Å². The molecule has 2 atom stereocenters. The quantitative estimate of drug-likeness (QED) is 0.783. The molecule has 0 spiro atoms. The van der Waals surface area contributed by atoms with E-state index < -0.39 is 0 Å². The molecule has 1 saturated heterocycles. The van der Waals surface area contributed by atoms with E-state index in [9.17, 15) is 4.79 Å². The topological polar surface area (TPSA) is 20.3 Å². The smallest absolute Gasteiger partial charge is 0.222 e. The van der Waals surface area contributed by atoms with Gasteiger partial charge in [-0.15, -0.1) is 0 Å². The first kappa shape index (κ1) is 12.2. The molecule has 1 amide bonds. The van der Waals surface area contributed by atoms with Gasteiger partial charge in [0.15, 0.2) is 0 Å². The van der Waals surface area contributed by atoms with Crippen LogP contribution >= 0.6 is 0 Å². The highest BCUT2D eigenvalue weighted by Crippen LogP contribution is 2.32. The van der Waals surface area contributed by atoms with Crippen LogP contribution in [0.1, 0.15) is 38.2 Å². The fourth-order valence-electron chi connectivity index (χ4n) is 2.68. The van der Waals surface area contributed by atoms with Gasteiger partial charge >= 0.3 is 0 Å². The predicted molar refractivity (Wildman–Crippen MR) is 69.8 cm³/mol. The molecule has 0 aliphatic carbocycles. The minimum atomic E-state index is 0.317. The van der Waals surface area contributed by atoms with Crippen molar-refractivity contribution in [2.75, 3.05) is 13.1 Å². The van der Waals surface area contributed by atoms with Crippen molar-refractivity contribution in [2.45, 2.75) is 32.6 Å². The van der Waals surface area contributed by atoms with Crippen molar-refractivity contribution in [3.8, 4) is 0 Å². The van der Waals surface area contributed by atoms with Crippen LogP contribution in [0.25, 0.3) is 0 Å². The van der Waals surface area contributed by atoms with Gasteiger partial charge < -0.3 is 4.90 Å². The number of hydrogen-bond donors (Lipinski definition) is 0. The van der Waals surface area contributed by atoms with Crippen LogP contribution in [0, 0.1) is 5.92 Å². The van der Waals surface area contributed by atoms with Gasteiger partial charge in [-0.25, -0.2) is 0 Å². The molecule has 2 rings (SSSR count). The van der Waals surface area contributed by atoms with Crippen molar-refractivity contribution in [2.24, 2.45) is 5.92 Å². The predicted octanol–water partition coefficient (Wildman–Crippen LogP) is 3.05. The van der Waals surface area contributed by atoms with Crippen LogP contribution < -0.4 is 0 Å². The molecule has 1 aromatic carbocycles. The van der Waals surface area contributed by atoms with Crippen molar-refractivity contribution in [1.29, 1.82) is 0 Å². The van der Waals surface area contributed by atoms with E-state index in [2.05, 4.69) is 38.1 Å². The molecule has 1 aliphatic heterocycles. The molecule has 92 valence electrons. The molecule has 0 aromatic heterocycles. The molecule has 2 heteroatoms. The minimum Gasteiger partial charge on any atom is -0.342 e. The number of carbonyl (C=O) groups is 1. The summed E-state index contributed by atoms with van der Waals surface area (Å²) in [5, 5.41) is 0. The maximum atomic E-state index is 11.9. The van der Waals surface area contributed by atoms with Crippen molar-refractivity contribution >= 4 is 5.91 Å². The molecule has 2 nitrogen and oxygen atoms in total. The molecule has 1 aliphatic rings. The molecular formula is C15H21NO. The van der Waals surface area contributed by atoms with Crippen LogP contribution in [0.3, 0.4) is 0 Å². The number of carbonyl (C=O) groups excluding carboxylic acids is 1. The van der Waals surface area contributed by atoms with Gasteiger partial charge in [0, 0.05) is 25.4 Å². The lowest BCUT2D eigenvalue weighted by Gasteiger charge is -2.16. The molecule has 17 heavy (non-hydrogen) atoms. The molecule has 0 N–H and O–H groups in total. The highest BCUT2D eigenvalue weighted by atomic mass is 16.2. The van der Waals surface area contributed by atoms with Gasteiger partial charge in [0.25, 0.3) is 0 Å². The van der Waals surface area contributed by atoms with E-state index in [-0.39, 0.29) is 0 Å². The number of amides is 1. The fourth-order valence-corrected chi connectivity index (χ4v) is 2.68. The van der Waals surface area contributed by atoms with E-state index in [4.69, 9.17) is 0 Å². The first-order valence-corrected chi connectivity index (χ1v) is 6.55. The Bertz CT molecular complexity index is 374. The Labute approximate surface area is 104 Å². The van der Waals surface area contributed by atoms with Gasteiger partial charge in [0.1, 0.15) is 0 Å². The van der Waals surface area contributed by atoms with E-state index in [0.717, 1.165) is 19.5 Å². The second kappa shape index (κ2) is 5.35. The van der Waals surface area contributed by atoms with Crippen LogP contribution in [0.15, 0.2) is 30.3 Å². The van der Waals surface area contributed by atoms with Gasteiger partial charge in [-0.05, 0) is 17.9 Å². The van der Waals surface area contributed by atoms with E-state index in [1.54, 1.807) is 0 Å². The lowest BCUT2D eigenvalue weighted by Crippen LogP contribution is -2.28. The van der Waals surface area contributed by atoms with Crippen molar-refractivity contribution < 1.29 is 4.79 Å². The zero-order chi connectivity index (χ0) is 12.3. The Balaban J connectivity index is 2.05. The van der Waals surface area contributed by atoms with Crippen LogP contribution in [-0.2, 0) is 4.79 Å². The summed E-state index contributed by atoms with van der Waals surface area (Å²) in [4.78, 5) is 13.9.